The third-order valence-electron chi connectivity index (χ3n) is 2.52. The minimum Gasteiger partial charge on any atom is -0.383 e. The highest BCUT2D eigenvalue weighted by Crippen LogP contribution is 2.21. The Bertz CT molecular complexity index is 488. The molecule has 1 rings (SSSR count). The fourth-order valence-electron chi connectivity index (χ4n) is 1.60. The van der Waals surface area contributed by atoms with E-state index in [4.69, 9.17) is 16.3 Å². The lowest BCUT2D eigenvalue weighted by atomic mass is 10.1. The molecule has 0 radical (unpaired) electrons. The van der Waals surface area contributed by atoms with Crippen LogP contribution in [0.5, 0.6) is 0 Å². The van der Waals surface area contributed by atoms with Crippen molar-refractivity contribution in [3.8, 4) is 0 Å². The van der Waals surface area contributed by atoms with Gasteiger partial charge in [0.2, 0.25) is 10.0 Å². The molecular weight excluding hydrogens is 274 g/mol. The smallest absolute Gasteiger partial charge is 0.242 e. The van der Waals surface area contributed by atoms with Gasteiger partial charge in [-0.1, -0.05) is 18.2 Å². The summed E-state index contributed by atoms with van der Waals surface area (Å²) in [5.41, 5.74) is 0.711. The summed E-state index contributed by atoms with van der Waals surface area (Å²) < 4.78 is 30.4. The van der Waals surface area contributed by atoms with Gasteiger partial charge in [0.15, 0.2) is 0 Å². The highest BCUT2D eigenvalue weighted by atomic mass is 35.5. The van der Waals surface area contributed by atoms with Gasteiger partial charge in [-0.2, -0.15) is 0 Å². The van der Waals surface area contributed by atoms with Crippen molar-refractivity contribution in [2.45, 2.75) is 16.7 Å². The largest absolute Gasteiger partial charge is 0.383 e. The number of ether oxygens (including phenoxy) is 1. The summed E-state index contributed by atoms with van der Waals surface area (Å²) in [6.07, 6.45) is 0.457. The Labute approximate surface area is 114 Å². The zero-order valence-electron chi connectivity index (χ0n) is 10.8. The molecule has 0 spiro atoms. The van der Waals surface area contributed by atoms with E-state index in [1.165, 1.54) is 18.4 Å². The minimum absolute atomic E-state index is 0.242. The second-order valence-electron chi connectivity index (χ2n) is 4.15. The molecule has 0 bridgehead atoms. The third-order valence-corrected chi connectivity index (χ3v) is 4.72. The van der Waals surface area contributed by atoms with Gasteiger partial charge in [0.25, 0.3) is 0 Å². The summed E-state index contributed by atoms with van der Waals surface area (Å²) in [7, 11) is 1.16. The van der Waals surface area contributed by atoms with E-state index in [2.05, 4.69) is 0 Å². The fraction of sp³-hybridized carbons (Fsp3) is 0.500. The molecule has 0 aliphatic rings. The van der Waals surface area contributed by atoms with Crippen molar-refractivity contribution in [1.29, 1.82) is 0 Å². The van der Waals surface area contributed by atoms with Gasteiger partial charge in [-0.15, -0.1) is 11.6 Å². The molecule has 102 valence electrons. The molecule has 0 aliphatic carbocycles. The van der Waals surface area contributed by atoms with Crippen LogP contribution in [-0.2, 0) is 21.2 Å². The van der Waals surface area contributed by atoms with Crippen molar-refractivity contribution in [3.63, 3.8) is 0 Å². The number of alkyl halides is 1. The molecular formula is C12H18ClNO3S. The van der Waals surface area contributed by atoms with Gasteiger partial charge in [0, 0.05) is 21.2 Å². The van der Waals surface area contributed by atoms with Crippen LogP contribution in [0.1, 0.15) is 5.56 Å². The summed E-state index contributed by atoms with van der Waals surface area (Å²) in [5.74, 6) is 0. The Morgan fingerprint density at radius 3 is 2.50 bits per heavy atom. The van der Waals surface area contributed by atoms with Gasteiger partial charge in [-0.25, -0.2) is 12.7 Å². The molecule has 0 aromatic heterocycles. The van der Waals surface area contributed by atoms with Crippen LogP contribution >= 0.6 is 11.6 Å². The lowest BCUT2D eigenvalue weighted by Crippen LogP contribution is -2.24. The number of nitrogens with zero attached hydrogens (tertiary/aromatic N) is 1. The van der Waals surface area contributed by atoms with Crippen LogP contribution in [-0.4, -0.2) is 45.9 Å². The third kappa shape index (κ3) is 3.68. The molecule has 0 N–H and O–H groups in total. The normalized spacial score (nSPS) is 13.8. The second-order valence-corrected chi connectivity index (χ2v) is 6.89. The van der Waals surface area contributed by atoms with E-state index in [1.54, 1.807) is 31.4 Å². The van der Waals surface area contributed by atoms with E-state index >= 15 is 0 Å². The van der Waals surface area contributed by atoms with Gasteiger partial charge in [-0.05, 0) is 18.1 Å². The number of rotatable bonds is 6. The first-order chi connectivity index (χ1) is 8.39. The first kappa shape index (κ1) is 15.4. The van der Waals surface area contributed by atoms with Crippen LogP contribution < -0.4 is 0 Å². The molecule has 0 saturated carbocycles. The van der Waals surface area contributed by atoms with Crippen LogP contribution in [0.3, 0.4) is 0 Å². The van der Waals surface area contributed by atoms with E-state index in [1.807, 2.05) is 0 Å². The molecule has 1 atom stereocenters. The zero-order valence-corrected chi connectivity index (χ0v) is 12.3. The van der Waals surface area contributed by atoms with Crippen LogP contribution in [0.15, 0.2) is 29.2 Å². The van der Waals surface area contributed by atoms with Gasteiger partial charge in [0.1, 0.15) is 0 Å². The van der Waals surface area contributed by atoms with Gasteiger partial charge >= 0.3 is 0 Å². The summed E-state index contributed by atoms with van der Waals surface area (Å²) in [6, 6.07) is 6.89. The van der Waals surface area contributed by atoms with E-state index in [-0.39, 0.29) is 5.38 Å². The van der Waals surface area contributed by atoms with E-state index in [0.29, 0.717) is 23.5 Å². The Balaban J connectivity index is 3.08. The van der Waals surface area contributed by atoms with Gasteiger partial charge < -0.3 is 4.74 Å². The molecule has 1 aromatic carbocycles. The number of halogens is 1. The maximum absolute atomic E-state index is 12.1. The van der Waals surface area contributed by atoms with E-state index in [0.717, 1.165) is 0 Å². The van der Waals surface area contributed by atoms with Gasteiger partial charge in [0.05, 0.1) is 16.9 Å². The molecule has 1 unspecified atom stereocenters. The van der Waals surface area contributed by atoms with E-state index < -0.39 is 10.0 Å². The quantitative estimate of drug-likeness (QED) is 0.750. The van der Waals surface area contributed by atoms with E-state index in [9.17, 15) is 8.42 Å². The number of hydrogen-bond acceptors (Lipinski definition) is 3. The molecule has 0 heterocycles. The predicted molar refractivity (Wildman–Crippen MR) is 72.5 cm³/mol. The molecule has 0 fully saturated rings. The van der Waals surface area contributed by atoms with Crippen LogP contribution in [0.25, 0.3) is 0 Å². The Hall–Kier alpha value is -0.620. The van der Waals surface area contributed by atoms with Crippen molar-refractivity contribution in [2.75, 3.05) is 27.8 Å². The topological polar surface area (TPSA) is 46.6 Å². The maximum Gasteiger partial charge on any atom is 0.242 e. The number of methoxy groups -OCH3 is 1. The molecule has 18 heavy (non-hydrogen) atoms. The monoisotopic (exact) mass is 291 g/mol. The van der Waals surface area contributed by atoms with Crippen molar-refractivity contribution in [2.24, 2.45) is 0 Å². The highest BCUT2D eigenvalue weighted by molar-refractivity contribution is 7.89. The first-order valence-corrected chi connectivity index (χ1v) is 7.40. The van der Waals surface area contributed by atoms with Crippen molar-refractivity contribution >= 4 is 21.6 Å². The lowest BCUT2D eigenvalue weighted by Gasteiger charge is -2.16. The lowest BCUT2D eigenvalue weighted by molar-refractivity contribution is 0.197. The Morgan fingerprint density at radius 1 is 1.33 bits per heavy atom. The average molecular weight is 292 g/mol. The van der Waals surface area contributed by atoms with Gasteiger partial charge in [-0.3, -0.25) is 0 Å². The minimum atomic E-state index is -3.43. The fourth-order valence-corrected chi connectivity index (χ4v) is 3.02. The molecule has 0 amide bonds. The molecule has 1 aromatic rings. The number of hydrogen-bond donors (Lipinski definition) is 0. The standard InChI is InChI=1S/C12H18ClNO3S/c1-14(2)18(15,16)12-7-5-4-6-10(12)8-11(13)9-17-3/h4-7,11H,8-9H2,1-3H3. The predicted octanol–water partition coefficient (Wildman–Crippen LogP) is 1.73. The summed E-state index contributed by atoms with van der Waals surface area (Å²) in [5, 5.41) is -0.242. The highest BCUT2D eigenvalue weighted by Gasteiger charge is 2.21. The number of benzene rings is 1. The van der Waals surface area contributed by atoms with Crippen molar-refractivity contribution < 1.29 is 13.2 Å². The maximum atomic E-state index is 12.1. The Kier molecular flexibility index (Phi) is 5.59. The summed E-state index contributed by atoms with van der Waals surface area (Å²) in [6.45, 7) is 0.387. The summed E-state index contributed by atoms with van der Waals surface area (Å²) in [4.78, 5) is 0.303. The first-order valence-electron chi connectivity index (χ1n) is 5.53. The molecule has 6 heteroatoms. The van der Waals surface area contributed by atoms with Crippen LogP contribution in [0.4, 0.5) is 0 Å². The van der Waals surface area contributed by atoms with Crippen LogP contribution in [0, 0.1) is 0 Å². The van der Waals surface area contributed by atoms with Crippen molar-refractivity contribution in [1.82, 2.24) is 4.31 Å². The molecule has 0 saturated heterocycles. The molecule has 4 nitrogen and oxygen atoms in total. The van der Waals surface area contributed by atoms with Crippen LogP contribution in [0.2, 0.25) is 0 Å². The van der Waals surface area contributed by atoms with Crippen molar-refractivity contribution in [3.05, 3.63) is 29.8 Å². The summed E-state index contributed by atoms with van der Waals surface area (Å²) >= 11 is 6.08. The Morgan fingerprint density at radius 2 is 1.94 bits per heavy atom. The molecule has 0 aliphatic heterocycles. The average Bonchev–Trinajstić information content (AvgIpc) is 2.29. The second kappa shape index (κ2) is 6.52. The number of sulfonamides is 1. The SMILES string of the molecule is COCC(Cl)Cc1ccccc1S(=O)(=O)N(C)C. The zero-order chi connectivity index (χ0) is 13.8.